The van der Waals surface area contributed by atoms with Crippen LogP contribution >= 0.6 is 23.2 Å². The zero-order chi connectivity index (χ0) is 22.8. The van der Waals surface area contributed by atoms with Crippen molar-refractivity contribution in [3.8, 4) is 5.75 Å². The van der Waals surface area contributed by atoms with Crippen LogP contribution in [0, 0.1) is 5.92 Å². The number of carbonyl (C=O) groups excluding carboxylic acids is 3. The zero-order valence-electron chi connectivity index (χ0n) is 16.9. The highest BCUT2D eigenvalue weighted by Crippen LogP contribution is 2.22. The highest BCUT2D eigenvalue weighted by Gasteiger charge is 2.12. The summed E-state index contributed by atoms with van der Waals surface area (Å²) in [6, 6.07) is 11.5. The number of rotatable bonds is 8. The Balaban J connectivity index is 1.91. The second-order valence-electron chi connectivity index (χ2n) is 6.84. The molecule has 164 valence electrons. The standard InChI is InChI=1S/C21H22Cl2N4O4/c1-13(2)10-24-20(29)21(30)27-25-11-14-5-3-4-6-18(14)31-12-19(28)26-17-8-15(22)7-16(23)9-17/h3-9,11,13H,10,12H2,1-2H3,(H,24,29)(H,26,28)(H,27,30)/b25-11-. The highest BCUT2D eigenvalue weighted by molar-refractivity contribution is 6.35. The van der Waals surface area contributed by atoms with Gasteiger partial charge in [-0.1, -0.05) is 49.2 Å². The fourth-order valence-corrected chi connectivity index (χ4v) is 2.80. The van der Waals surface area contributed by atoms with Crippen molar-refractivity contribution in [1.29, 1.82) is 0 Å². The van der Waals surface area contributed by atoms with Crippen molar-refractivity contribution in [3.63, 3.8) is 0 Å². The Morgan fingerprint density at radius 3 is 2.42 bits per heavy atom. The molecule has 0 saturated heterocycles. The molecule has 0 radical (unpaired) electrons. The van der Waals surface area contributed by atoms with Crippen molar-refractivity contribution < 1.29 is 19.1 Å². The van der Waals surface area contributed by atoms with Crippen LogP contribution in [0.25, 0.3) is 0 Å². The smallest absolute Gasteiger partial charge is 0.329 e. The van der Waals surface area contributed by atoms with Crippen molar-refractivity contribution >= 4 is 52.8 Å². The van der Waals surface area contributed by atoms with Gasteiger partial charge in [-0.3, -0.25) is 14.4 Å². The van der Waals surface area contributed by atoms with E-state index in [4.69, 9.17) is 27.9 Å². The Labute approximate surface area is 189 Å². The van der Waals surface area contributed by atoms with Gasteiger partial charge in [-0.2, -0.15) is 5.10 Å². The number of amides is 3. The van der Waals surface area contributed by atoms with Crippen molar-refractivity contribution in [3.05, 3.63) is 58.1 Å². The van der Waals surface area contributed by atoms with Gasteiger partial charge in [0.25, 0.3) is 5.91 Å². The summed E-state index contributed by atoms with van der Waals surface area (Å²) in [7, 11) is 0. The lowest BCUT2D eigenvalue weighted by Gasteiger charge is -2.10. The maximum absolute atomic E-state index is 12.2. The van der Waals surface area contributed by atoms with Gasteiger partial charge in [0.15, 0.2) is 6.61 Å². The third-order valence-electron chi connectivity index (χ3n) is 3.67. The van der Waals surface area contributed by atoms with Gasteiger partial charge >= 0.3 is 11.8 Å². The number of anilines is 1. The topological polar surface area (TPSA) is 109 Å². The number of nitrogens with zero attached hydrogens (tertiary/aromatic N) is 1. The minimum absolute atomic E-state index is 0.220. The lowest BCUT2D eigenvalue weighted by atomic mass is 10.2. The summed E-state index contributed by atoms with van der Waals surface area (Å²) in [5, 5.41) is 9.68. The predicted molar refractivity (Wildman–Crippen MR) is 121 cm³/mol. The number of carbonyl (C=O) groups is 3. The molecule has 10 heteroatoms. The first kappa shape index (κ1) is 24.2. The van der Waals surface area contributed by atoms with Crippen molar-refractivity contribution in [2.45, 2.75) is 13.8 Å². The van der Waals surface area contributed by atoms with Gasteiger partial charge in [0.2, 0.25) is 0 Å². The Morgan fingerprint density at radius 1 is 1.06 bits per heavy atom. The molecule has 8 nitrogen and oxygen atoms in total. The molecule has 0 aromatic heterocycles. The van der Waals surface area contributed by atoms with Gasteiger partial charge in [-0.05, 0) is 36.2 Å². The van der Waals surface area contributed by atoms with Crippen molar-refractivity contribution in [1.82, 2.24) is 10.7 Å². The van der Waals surface area contributed by atoms with E-state index in [0.717, 1.165) is 0 Å². The molecule has 31 heavy (non-hydrogen) atoms. The van der Waals surface area contributed by atoms with E-state index >= 15 is 0 Å². The Kier molecular flexibility index (Phi) is 9.30. The van der Waals surface area contributed by atoms with Gasteiger partial charge in [-0.25, -0.2) is 5.43 Å². The molecule has 0 spiro atoms. The maximum atomic E-state index is 12.2. The first-order chi connectivity index (χ1) is 14.7. The molecule has 2 aromatic carbocycles. The largest absolute Gasteiger partial charge is 0.483 e. The predicted octanol–water partition coefficient (Wildman–Crippen LogP) is 3.23. The fourth-order valence-electron chi connectivity index (χ4n) is 2.27. The maximum Gasteiger partial charge on any atom is 0.329 e. The van der Waals surface area contributed by atoms with Crippen LogP contribution in [0.5, 0.6) is 5.75 Å². The highest BCUT2D eigenvalue weighted by atomic mass is 35.5. The number of halogens is 2. The third-order valence-corrected chi connectivity index (χ3v) is 4.11. The van der Waals surface area contributed by atoms with E-state index in [2.05, 4.69) is 21.2 Å². The molecule has 0 aliphatic heterocycles. The molecule has 0 aliphatic rings. The average molecular weight is 465 g/mol. The lowest BCUT2D eigenvalue weighted by Crippen LogP contribution is -2.39. The number of hydrogen-bond acceptors (Lipinski definition) is 5. The van der Waals surface area contributed by atoms with Crippen LogP contribution < -0.4 is 20.8 Å². The fraction of sp³-hybridized carbons (Fsp3) is 0.238. The molecule has 3 N–H and O–H groups in total. The van der Waals surface area contributed by atoms with Crippen LogP contribution in [0.2, 0.25) is 10.0 Å². The minimum Gasteiger partial charge on any atom is -0.483 e. The summed E-state index contributed by atoms with van der Waals surface area (Å²) in [5.74, 6) is -1.48. The van der Waals surface area contributed by atoms with Gasteiger partial charge < -0.3 is 15.4 Å². The van der Waals surface area contributed by atoms with E-state index in [9.17, 15) is 14.4 Å². The number of para-hydroxylation sites is 1. The molecule has 2 rings (SSSR count). The van der Waals surface area contributed by atoms with Crippen LogP contribution in [0.15, 0.2) is 47.6 Å². The Hall–Kier alpha value is -3.10. The number of hydrazone groups is 1. The van der Waals surface area contributed by atoms with Gasteiger partial charge in [-0.15, -0.1) is 0 Å². The molecule has 3 amide bonds. The first-order valence-corrected chi connectivity index (χ1v) is 10.1. The molecule has 0 bridgehead atoms. The van der Waals surface area contributed by atoms with Crippen molar-refractivity contribution in [2.24, 2.45) is 11.0 Å². The van der Waals surface area contributed by atoms with Crippen LogP contribution in [-0.2, 0) is 14.4 Å². The van der Waals surface area contributed by atoms with E-state index in [0.29, 0.717) is 33.6 Å². The number of benzene rings is 2. The van der Waals surface area contributed by atoms with Crippen LogP contribution in [0.3, 0.4) is 0 Å². The zero-order valence-corrected chi connectivity index (χ0v) is 18.5. The second kappa shape index (κ2) is 11.9. The molecule has 0 unspecified atom stereocenters. The lowest BCUT2D eigenvalue weighted by molar-refractivity contribution is -0.139. The Bertz CT molecular complexity index is 959. The van der Waals surface area contributed by atoms with Gasteiger partial charge in [0.05, 0.1) is 6.21 Å². The summed E-state index contributed by atoms with van der Waals surface area (Å²) < 4.78 is 5.54. The van der Waals surface area contributed by atoms with Crippen LogP contribution in [0.1, 0.15) is 19.4 Å². The molecule has 0 fully saturated rings. The minimum atomic E-state index is -0.880. The normalized spacial score (nSPS) is 10.7. The van der Waals surface area contributed by atoms with Crippen LogP contribution in [-0.4, -0.2) is 37.1 Å². The van der Waals surface area contributed by atoms with E-state index in [1.807, 2.05) is 13.8 Å². The summed E-state index contributed by atoms with van der Waals surface area (Å²) in [6.07, 6.45) is 1.32. The first-order valence-electron chi connectivity index (χ1n) is 9.33. The van der Waals surface area contributed by atoms with E-state index in [1.54, 1.807) is 42.5 Å². The summed E-state index contributed by atoms with van der Waals surface area (Å²) in [6.45, 7) is 3.93. The molecule has 0 atom stereocenters. The number of hydrogen-bond donors (Lipinski definition) is 3. The van der Waals surface area contributed by atoms with E-state index < -0.39 is 17.7 Å². The third kappa shape index (κ3) is 8.65. The molecule has 0 aliphatic carbocycles. The average Bonchev–Trinajstić information content (AvgIpc) is 2.70. The van der Waals surface area contributed by atoms with E-state index in [1.165, 1.54) is 6.21 Å². The van der Waals surface area contributed by atoms with Gasteiger partial charge in [0.1, 0.15) is 5.75 Å². The quantitative estimate of drug-likeness (QED) is 0.316. The SMILES string of the molecule is CC(C)CNC(=O)C(=O)N/N=C\c1ccccc1OCC(=O)Nc1cc(Cl)cc(Cl)c1. The number of ether oxygens (including phenoxy) is 1. The number of nitrogens with one attached hydrogen (secondary N) is 3. The monoisotopic (exact) mass is 464 g/mol. The summed E-state index contributed by atoms with van der Waals surface area (Å²) in [5.41, 5.74) is 3.10. The Morgan fingerprint density at radius 2 is 1.74 bits per heavy atom. The van der Waals surface area contributed by atoms with Crippen molar-refractivity contribution in [2.75, 3.05) is 18.5 Å². The summed E-state index contributed by atoms with van der Waals surface area (Å²) >= 11 is 11.8. The van der Waals surface area contributed by atoms with Gasteiger partial charge in [0, 0.05) is 27.8 Å². The molecular formula is C21H22Cl2N4O4. The van der Waals surface area contributed by atoms with Crippen LogP contribution in [0.4, 0.5) is 5.69 Å². The summed E-state index contributed by atoms with van der Waals surface area (Å²) in [4.78, 5) is 35.5. The molecular weight excluding hydrogens is 443 g/mol. The van der Waals surface area contributed by atoms with E-state index in [-0.39, 0.29) is 12.5 Å². The molecule has 2 aromatic rings. The molecule has 0 saturated carbocycles. The second-order valence-corrected chi connectivity index (χ2v) is 7.71. The molecule has 0 heterocycles.